The van der Waals surface area contributed by atoms with Crippen molar-refractivity contribution in [2.45, 2.75) is 5.92 Å². The molecule has 126 valence electrons. The lowest BCUT2D eigenvalue weighted by Crippen LogP contribution is -2.32. The zero-order valence-electron chi connectivity index (χ0n) is 13.5. The molecule has 1 aliphatic heterocycles. The molecule has 2 aromatic rings. The van der Waals surface area contributed by atoms with E-state index in [0.29, 0.717) is 24.1 Å². The summed E-state index contributed by atoms with van der Waals surface area (Å²) in [6.45, 7) is 2.49. The van der Waals surface area contributed by atoms with Crippen LogP contribution in [0.15, 0.2) is 54.6 Å². The van der Waals surface area contributed by atoms with Crippen LogP contribution in [0.1, 0.15) is 11.5 Å². The van der Waals surface area contributed by atoms with Crippen molar-refractivity contribution in [1.82, 2.24) is 4.90 Å². The second-order valence-electron chi connectivity index (χ2n) is 6.27. The van der Waals surface area contributed by atoms with Gasteiger partial charge in [-0.1, -0.05) is 36.4 Å². The monoisotopic (exact) mass is 327 g/mol. The second-order valence-corrected chi connectivity index (χ2v) is 6.27. The van der Waals surface area contributed by atoms with Gasteiger partial charge in [0.05, 0.1) is 6.54 Å². The number of anilines is 1. The molecule has 0 aliphatic carbocycles. The van der Waals surface area contributed by atoms with E-state index < -0.39 is 0 Å². The standard InChI is InChI=1S/C19H22FN3O/c20-16-7-4-8-17(9-16)22-19(24)13-23-11-15(10-21)18(12-23)14-5-2-1-3-6-14/h1-9,15,18H,10-13,21H2,(H,22,24)/t15-,18+/m1/s1. The number of carbonyl (C=O) groups is 1. The van der Waals surface area contributed by atoms with Crippen LogP contribution in [0.4, 0.5) is 10.1 Å². The molecule has 0 saturated carbocycles. The number of rotatable bonds is 5. The van der Waals surface area contributed by atoms with Crippen LogP contribution in [-0.2, 0) is 4.79 Å². The number of nitrogens with two attached hydrogens (primary N) is 1. The predicted molar refractivity (Wildman–Crippen MR) is 93.2 cm³/mol. The van der Waals surface area contributed by atoms with Gasteiger partial charge in [-0.3, -0.25) is 9.69 Å². The Balaban J connectivity index is 1.61. The summed E-state index contributed by atoms with van der Waals surface area (Å²) in [5.74, 6) is 0.193. The molecule has 0 radical (unpaired) electrons. The van der Waals surface area contributed by atoms with Crippen molar-refractivity contribution in [1.29, 1.82) is 0 Å². The van der Waals surface area contributed by atoms with Crippen LogP contribution in [0.25, 0.3) is 0 Å². The van der Waals surface area contributed by atoms with Crippen LogP contribution in [0.5, 0.6) is 0 Å². The van der Waals surface area contributed by atoms with E-state index in [1.54, 1.807) is 12.1 Å². The largest absolute Gasteiger partial charge is 0.330 e. The minimum atomic E-state index is -0.360. The highest BCUT2D eigenvalue weighted by Crippen LogP contribution is 2.31. The van der Waals surface area contributed by atoms with Crippen LogP contribution in [-0.4, -0.2) is 37.0 Å². The summed E-state index contributed by atoms with van der Waals surface area (Å²) in [5, 5.41) is 2.75. The first-order chi connectivity index (χ1) is 11.7. The number of amides is 1. The van der Waals surface area contributed by atoms with Gasteiger partial charge in [0.15, 0.2) is 0 Å². The highest BCUT2D eigenvalue weighted by Gasteiger charge is 2.33. The first-order valence-electron chi connectivity index (χ1n) is 8.18. The molecule has 1 saturated heterocycles. The Morgan fingerprint density at radius 3 is 2.67 bits per heavy atom. The zero-order chi connectivity index (χ0) is 16.9. The van der Waals surface area contributed by atoms with E-state index in [9.17, 15) is 9.18 Å². The van der Waals surface area contributed by atoms with Gasteiger partial charge in [0.1, 0.15) is 5.82 Å². The molecular weight excluding hydrogens is 305 g/mol. The van der Waals surface area contributed by atoms with Gasteiger partial charge in [0.2, 0.25) is 5.91 Å². The minimum absolute atomic E-state index is 0.134. The Morgan fingerprint density at radius 2 is 1.96 bits per heavy atom. The normalized spacial score (nSPS) is 20.9. The Bertz CT molecular complexity index is 692. The van der Waals surface area contributed by atoms with Crippen LogP contribution in [0, 0.1) is 11.7 Å². The molecule has 0 unspecified atom stereocenters. The summed E-state index contributed by atoms with van der Waals surface area (Å²) in [4.78, 5) is 14.3. The molecule has 2 atom stereocenters. The molecule has 1 heterocycles. The molecule has 0 bridgehead atoms. The molecule has 1 amide bonds. The maximum Gasteiger partial charge on any atom is 0.238 e. The molecule has 4 nitrogen and oxygen atoms in total. The summed E-state index contributed by atoms with van der Waals surface area (Å²) in [5.41, 5.74) is 7.67. The number of halogens is 1. The van der Waals surface area contributed by atoms with Gasteiger partial charge < -0.3 is 11.1 Å². The van der Waals surface area contributed by atoms with Gasteiger partial charge >= 0.3 is 0 Å². The topological polar surface area (TPSA) is 58.4 Å². The first kappa shape index (κ1) is 16.6. The molecule has 1 aliphatic rings. The smallest absolute Gasteiger partial charge is 0.238 e. The van der Waals surface area contributed by atoms with Crippen molar-refractivity contribution in [3.8, 4) is 0 Å². The second kappa shape index (κ2) is 7.55. The molecule has 5 heteroatoms. The van der Waals surface area contributed by atoms with E-state index in [2.05, 4.69) is 22.3 Å². The molecule has 24 heavy (non-hydrogen) atoms. The fraction of sp³-hybridized carbons (Fsp3) is 0.316. The lowest BCUT2D eigenvalue weighted by Gasteiger charge is -2.16. The van der Waals surface area contributed by atoms with Crippen molar-refractivity contribution in [2.75, 3.05) is 31.5 Å². The number of carbonyl (C=O) groups excluding carboxylic acids is 1. The Kier molecular flexibility index (Phi) is 5.23. The van der Waals surface area contributed by atoms with Crippen LogP contribution >= 0.6 is 0 Å². The van der Waals surface area contributed by atoms with Crippen molar-refractivity contribution in [3.63, 3.8) is 0 Å². The Morgan fingerprint density at radius 1 is 1.17 bits per heavy atom. The summed E-state index contributed by atoms with van der Waals surface area (Å²) in [6.07, 6.45) is 0. The fourth-order valence-corrected chi connectivity index (χ4v) is 3.38. The fourth-order valence-electron chi connectivity index (χ4n) is 3.38. The highest BCUT2D eigenvalue weighted by molar-refractivity contribution is 5.92. The molecule has 1 fully saturated rings. The number of benzene rings is 2. The van der Waals surface area contributed by atoms with Crippen molar-refractivity contribution >= 4 is 11.6 Å². The summed E-state index contributed by atoms with van der Waals surface area (Å²) >= 11 is 0. The van der Waals surface area contributed by atoms with Gasteiger partial charge in [-0.15, -0.1) is 0 Å². The molecular formula is C19H22FN3O. The molecule has 0 aromatic heterocycles. The lowest BCUT2D eigenvalue weighted by atomic mass is 9.89. The average molecular weight is 327 g/mol. The number of likely N-dealkylation sites (tertiary alicyclic amines) is 1. The number of hydrogen-bond donors (Lipinski definition) is 2. The number of nitrogens with zero attached hydrogens (tertiary/aromatic N) is 1. The molecule has 3 rings (SSSR count). The van der Waals surface area contributed by atoms with Crippen LogP contribution in [0.3, 0.4) is 0 Å². The van der Waals surface area contributed by atoms with E-state index in [1.807, 2.05) is 18.2 Å². The summed E-state index contributed by atoms with van der Waals surface area (Å²) in [7, 11) is 0. The first-order valence-corrected chi connectivity index (χ1v) is 8.18. The molecule has 2 aromatic carbocycles. The van der Waals surface area contributed by atoms with E-state index in [1.165, 1.54) is 17.7 Å². The van der Waals surface area contributed by atoms with Gasteiger partial charge in [0.25, 0.3) is 0 Å². The highest BCUT2D eigenvalue weighted by atomic mass is 19.1. The van der Waals surface area contributed by atoms with E-state index >= 15 is 0 Å². The third kappa shape index (κ3) is 3.99. The quantitative estimate of drug-likeness (QED) is 0.887. The van der Waals surface area contributed by atoms with Gasteiger partial charge in [-0.2, -0.15) is 0 Å². The van der Waals surface area contributed by atoms with E-state index in [0.717, 1.165) is 13.1 Å². The van der Waals surface area contributed by atoms with Crippen molar-refractivity contribution in [2.24, 2.45) is 11.7 Å². The van der Waals surface area contributed by atoms with Crippen LogP contribution < -0.4 is 11.1 Å². The molecule has 3 N–H and O–H groups in total. The zero-order valence-corrected chi connectivity index (χ0v) is 13.5. The Labute approximate surface area is 141 Å². The average Bonchev–Trinajstić information content (AvgIpc) is 2.98. The van der Waals surface area contributed by atoms with Crippen LogP contribution in [0.2, 0.25) is 0 Å². The van der Waals surface area contributed by atoms with E-state index in [-0.39, 0.29) is 18.3 Å². The van der Waals surface area contributed by atoms with E-state index in [4.69, 9.17) is 5.73 Å². The van der Waals surface area contributed by atoms with Gasteiger partial charge in [0, 0.05) is 24.7 Å². The number of hydrogen-bond acceptors (Lipinski definition) is 3. The maximum absolute atomic E-state index is 13.2. The third-order valence-corrected chi connectivity index (χ3v) is 4.52. The predicted octanol–water partition coefficient (Wildman–Crippen LogP) is 2.44. The lowest BCUT2D eigenvalue weighted by molar-refractivity contribution is -0.117. The maximum atomic E-state index is 13.2. The summed E-state index contributed by atoms with van der Waals surface area (Å²) < 4.78 is 13.2. The third-order valence-electron chi connectivity index (χ3n) is 4.52. The Hall–Kier alpha value is -2.24. The van der Waals surface area contributed by atoms with Gasteiger partial charge in [-0.05, 0) is 36.2 Å². The van der Waals surface area contributed by atoms with Crippen molar-refractivity contribution in [3.05, 3.63) is 66.0 Å². The number of nitrogens with one attached hydrogen (secondary N) is 1. The SMILES string of the molecule is NC[C@@H]1CN(CC(=O)Nc2cccc(F)c2)C[C@H]1c1ccccc1. The minimum Gasteiger partial charge on any atom is -0.330 e. The van der Waals surface area contributed by atoms with Gasteiger partial charge in [-0.25, -0.2) is 4.39 Å². The summed E-state index contributed by atoms with van der Waals surface area (Å²) in [6, 6.07) is 16.2. The molecule has 0 spiro atoms. The van der Waals surface area contributed by atoms with Crippen molar-refractivity contribution < 1.29 is 9.18 Å².